The van der Waals surface area contributed by atoms with Gasteiger partial charge < -0.3 is 5.32 Å². The Morgan fingerprint density at radius 2 is 1.85 bits per heavy atom. The van der Waals surface area contributed by atoms with E-state index in [9.17, 15) is 9.59 Å². The Balaban J connectivity index is 1.96. The predicted octanol–water partition coefficient (Wildman–Crippen LogP) is 4.94. The SMILES string of the molecule is CSc1ccc([C@H]2C3=C(CCCC3=O)Nc3ccccc3N2C(C)=O)cc1. The molecule has 0 fully saturated rings. The first-order valence-electron chi connectivity index (χ1n) is 9.16. The quantitative estimate of drug-likeness (QED) is 0.753. The third-order valence-corrected chi connectivity index (χ3v) is 5.95. The minimum atomic E-state index is -0.405. The molecule has 27 heavy (non-hydrogen) atoms. The third kappa shape index (κ3) is 3.16. The summed E-state index contributed by atoms with van der Waals surface area (Å²) in [6.45, 7) is 1.57. The minimum Gasteiger partial charge on any atom is -0.357 e. The van der Waals surface area contributed by atoms with Gasteiger partial charge >= 0.3 is 0 Å². The number of hydrogen-bond acceptors (Lipinski definition) is 4. The first kappa shape index (κ1) is 17.9. The highest BCUT2D eigenvalue weighted by molar-refractivity contribution is 7.98. The highest BCUT2D eigenvalue weighted by Crippen LogP contribution is 2.44. The fourth-order valence-electron chi connectivity index (χ4n) is 3.98. The summed E-state index contributed by atoms with van der Waals surface area (Å²) in [4.78, 5) is 28.7. The molecular weight excluding hydrogens is 356 g/mol. The number of allylic oxidation sites excluding steroid dienone is 1. The van der Waals surface area contributed by atoms with E-state index in [1.807, 2.05) is 42.7 Å². The summed E-state index contributed by atoms with van der Waals surface area (Å²) >= 11 is 1.68. The molecule has 138 valence electrons. The van der Waals surface area contributed by atoms with Gasteiger partial charge in [0.2, 0.25) is 5.91 Å². The molecule has 2 aromatic rings. The number of fused-ring (bicyclic) bond motifs is 1. The first-order chi connectivity index (χ1) is 13.1. The van der Waals surface area contributed by atoms with Gasteiger partial charge in [0.05, 0.1) is 17.4 Å². The number of nitrogens with one attached hydrogen (secondary N) is 1. The number of carbonyl (C=O) groups is 2. The number of ketones is 1. The molecule has 1 aliphatic heterocycles. The van der Waals surface area contributed by atoms with Crippen LogP contribution in [-0.4, -0.2) is 17.9 Å². The molecule has 1 atom stereocenters. The van der Waals surface area contributed by atoms with Crippen LogP contribution in [0, 0.1) is 0 Å². The van der Waals surface area contributed by atoms with Crippen molar-refractivity contribution in [1.29, 1.82) is 0 Å². The van der Waals surface area contributed by atoms with Crippen molar-refractivity contribution in [3.63, 3.8) is 0 Å². The molecule has 2 aliphatic rings. The van der Waals surface area contributed by atoms with Gasteiger partial charge in [-0.2, -0.15) is 0 Å². The van der Waals surface area contributed by atoms with Crippen LogP contribution < -0.4 is 10.2 Å². The highest BCUT2D eigenvalue weighted by atomic mass is 32.2. The van der Waals surface area contributed by atoms with E-state index in [1.54, 1.807) is 23.6 Å². The van der Waals surface area contributed by atoms with Gasteiger partial charge in [-0.05, 0) is 48.9 Å². The first-order valence-corrected chi connectivity index (χ1v) is 10.4. The highest BCUT2D eigenvalue weighted by Gasteiger charge is 2.38. The molecule has 0 spiro atoms. The van der Waals surface area contributed by atoms with Gasteiger partial charge in [-0.15, -0.1) is 11.8 Å². The van der Waals surface area contributed by atoms with Gasteiger partial charge in [-0.1, -0.05) is 24.3 Å². The van der Waals surface area contributed by atoms with Gasteiger partial charge in [-0.25, -0.2) is 0 Å². The number of rotatable bonds is 2. The standard InChI is InChI=1S/C22H22N2O2S/c1-14(25)24-19-8-4-3-6-17(19)23-18-7-5-9-20(26)21(18)22(24)15-10-12-16(27-2)13-11-15/h3-4,6,8,10-13,22-23H,5,7,9H2,1-2H3/t22-/m0/s1. The predicted molar refractivity (Wildman–Crippen MR) is 110 cm³/mol. The number of nitrogens with zero attached hydrogens (tertiary/aromatic N) is 1. The average Bonchev–Trinajstić information content (AvgIpc) is 2.83. The summed E-state index contributed by atoms with van der Waals surface area (Å²) in [5.41, 5.74) is 4.32. The molecule has 0 saturated carbocycles. The lowest BCUT2D eigenvalue weighted by Gasteiger charge is -2.33. The summed E-state index contributed by atoms with van der Waals surface area (Å²) in [5, 5.41) is 3.46. The lowest BCUT2D eigenvalue weighted by atomic mass is 9.86. The molecule has 0 bridgehead atoms. The maximum absolute atomic E-state index is 13.0. The second-order valence-electron chi connectivity index (χ2n) is 6.88. The van der Waals surface area contributed by atoms with E-state index < -0.39 is 6.04 Å². The van der Waals surface area contributed by atoms with Crippen LogP contribution >= 0.6 is 11.8 Å². The molecule has 4 nitrogen and oxygen atoms in total. The number of thioether (sulfide) groups is 1. The largest absolute Gasteiger partial charge is 0.357 e. The number of benzene rings is 2. The Hall–Kier alpha value is -2.53. The van der Waals surface area contributed by atoms with E-state index in [0.29, 0.717) is 6.42 Å². The molecule has 0 unspecified atom stereocenters. The molecule has 2 aromatic carbocycles. The normalized spacial score (nSPS) is 19.1. The second-order valence-corrected chi connectivity index (χ2v) is 7.76. The van der Waals surface area contributed by atoms with Crippen molar-refractivity contribution in [3.8, 4) is 0 Å². The summed E-state index contributed by atoms with van der Waals surface area (Å²) in [7, 11) is 0. The van der Waals surface area contributed by atoms with Crippen LogP contribution in [0.4, 0.5) is 11.4 Å². The number of para-hydroxylation sites is 2. The van der Waals surface area contributed by atoms with Gasteiger partial charge in [-0.3, -0.25) is 14.5 Å². The van der Waals surface area contributed by atoms with E-state index in [2.05, 4.69) is 17.4 Å². The molecule has 0 aromatic heterocycles. The number of carbonyl (C=O) groups excluding carboxylic acids is 2. The molecule has 1 N–H and O–H groups in total. The van der Waals surface area contributed by atoms with Gasteiger partial charge in [0.25, 0.3) is 0 Å². The zero-order chi connectivity index (χ0) is 19.0. The smallest absolute Gasteiger partial charge is 0.224 e. The van der Waals surface area contributed by atoms with Gasteiger partial charge in [0.1, 0.15) is 0 Å². The lowest BCUT2D eigenvalue weighted by Crippen LogP contribution is -2.36. The van der Waals surface area contributed by atoms with Crippen LogP contribution in [0.15, 0.2) is 64.7 Å². The molecule has 1 aliphatic carbocycles. The van der Waals surface area contributed by atoms with E-state index in [-0.39, 0.29) is 11.7 Å². The van der Waals surface area contributed by atoms with Crippen molar-refractivity contribution in [1.82, 2.24) is 0 Å². The van der Waals surface area contributed by atoms with Crippen molar-refractivity contribution >= 4 is 34.8 Å². The maximum atomic E-state index is 13.0. The van der Waals surface area contributed by atoms with E-state index >= 15 is 0 Å². The zero-order valence-corrected chi connectivity index (χ0v) is 16.3. The summed E-state index contributed by atoms with van der Waals surface area (Å²) in [5.74, 6) is 0.0528. The Morgan fingerprint density at radius 1 is 1.11 bits per heavy atom. The third-order valence-electron chi connectivity index (χ3n) is 5.21. The van der Waals surface area contributed by atoms with Crippen LogP contribution in [0.25, 0.3) is 0 Å². The topological polar surface area (TPSA) is 49.4 Å². The van der Waals surface area contributed by atoms with Gasteiger partial charge in [0.15, 0.2) is 5.78 Å². The van der Waals surface area contributed by atoms with Crippen molar-refractivity contribution in [2.75, 3.05) is 16.5 Å². The summed E-state index contributed by atoms with van der Waals surface area (Å²) in [6, 6.07) is 15.5. The fraction of sp³-hybridized carbons (Fsp3) is 0.273. The van der Waals surface area contributed by atoms with Crippen LogP contribution in [0.2, 0.25) is 0 Å². The van der Waals surface area contributed by atoms with Crippen LogP contribution in [0.3, 0.4) is 0 Å². The number of anilines is 2. The van der Waals surface area contributed by atoms with Crippen molar-refractivity contribution in [3.05, 3.63) is 65.4 Å². The molecular formula is C22H22N2O2S. The molecule has 1 amide bonds. The number of hydrogen-bond donors (Lipinski definition) is 1. The van der Waals surface area contributed by atoms with Crippen LogP contribution in [0.1, 0.15) is 37.8 Å². The van der Waals surface area contributed by atoms with E-state index in [0.717, 1.165) is 45.9 Å². The summed E-state index contributed by atoms with van der Waals surface area (Å²) < 4.78 is 0. The van der Waals surface area contributed by atoms with Crippen molar-refractivity contribution < 1.29 is 9.59 Å². The van der Waals surface area contributed by atoms with E-state index in [1.165, 1.54) is 0 Å². The summed E-state index contributed by atoms with van der Waals surface area (Å²) in [6.07, 6.45) is 4.22. The van der Waals surface area contributed by atoms with Gasteiger partial charge in [0, 0.05) is 29.5 Å². The Morgan fingerprint density at radius 3 is 2.56 bits per heavy atom. The molecule has 0 saturated heterocycles. The minimum absolute atomic E-state index is 0.0738. The molecule has 5 heteroatoms. The monoisotopic (exact) mass is 378 g/mol. The van der Waals surface area contributed by atoms with E-state index in [4.69, 9.17) is 0 Å². The van der Waals surface area contributed by atoms with Crippen molar-refractivity contribution in [2.24, 2.45) is 0 Å². The maximum Gasteiger partial charge on any atom is 0.224 e. The Labute approximate surface area is 163 Å². The number of amides is 1. The average molecular weight is 378 g/mol. The molecule has 1 heterocycles. The Bertz CT molecular complexity index is 934. The second kappa shape index (κ2) is 7.24. The number of Topliss-reactive ketones (excluding diaryl/α,β-unsaturated/α-hetero) is 1. The Kier molecular flexibility index (Phi) is 4.79. The van der Waals surface area contributed by atoms with Crippen LogP contribution in [0.5, 0.6) is 0 Å². The lowest BCUT2D eigenvalue weighted by molar-refractivity contribution is -0.117. The molecule has 4 rings (SSSR count). The fourth-order valence-corrected chi connectivity index (χ4v) is 4.39. The zero-order valence-electron chi connectivity index (χ0n) is 15.5. The molecule has 0 radical (unpaired) electrons. The van der Waals surface area contributed by atoms with Crippen molar-refractivity contribution in [2.45, 2.75) is 37.1 Å². The van der Waals surface area contributed by atoms with Crippen LogP contribution in [-0.2, 0) is 9.59 Å².